The van der Waals surface area contributed by atoms with E-state index in [-0.39, 0.29) is 0 Å². The van der Waals surface area contributed by atoms with Crippen molar-refractivity contribution in [3.63, 3.8) is 0 Å². The number of hydrogen-bond donors (Lipinski definition) is 0. The van der Waals surface area contributed by atoms with Gasteiger partial charge in [0.2, 0.25) is 5.89 Å². The summed E-state index contributed by atoms with van der Waals surface area (Å²) in [6.45, 7) is 1.62. The number of methoxy groups -OCH3 is 1. The van der Waals surface area contributed by atoms with Gasteiger partial charge < -0.3 is 14.1 Å². The fourth-order valence-electron chi connectivity index (χ4n) is 2.79. The standard InChI is InChI=1S/C18H17N3O2/c1-22-14-7-5-13(6-8-14)18-20-15-12-21(11-9-16(15)23-18)17-4-2-3-10-19-17/h2-8,10H,9,11-12H2,1H3. The van der Waals surface area contributed by atoms with Gasteiger partial charge >= 0.3 is 0 Å². The Kier molecular flexibility index (Phi) is 3.46. The average Bonchev–Trinajstić information content (AvgIpc) is 3.06. The highest BCUT2D eigenvalue weighted by atomic mass is 16.5. The molecular weight excluding hydrogens is 290 g/mol. The molecule has 3 aromatic rings. The fourth-order valence-corrected chi connectivity index (χ4v) is 2.79. The van der Waals surface area contributed by atoms with Crippen LogP contribution in [0.3, 0.4) is 0 Å². The van der Waals surface area contributed by atoms with Crippen LogP contribution >= 0.6 is 0 Å². The van der Waals surface area contributed by atoms with Gasteiger partial charge in [-0.1, -0.05) is 6.07 Å². The van der Waals surface area contributed by atoms with Gasteiger partial charge in [-0.05, 0) is 36.4 Å². The van der Waals surface area contributed by atoms with Crippen molar-refractivity contribution in [2.24, 2.45) is 0 Å². The molecule has 0 saturated heterocycles. The lowest BCUT2D eigenvalue weighted by atomic mass is 10.1. The molecule has 5 heteroatoms. The lowest BCUT2D eigenvalue weighted by Gasteiger charge is -2.26. The van der Waals surface area contributed by atoms with Gasteiger partial charge in [-0.3, -0.25) is 0 Å². The molecule has 1 aliphatic rings. The smallest absolute Gasteiger partial charge is 0.226 e. The number of oxazole rings is 1. The second-order valence-corrected chi connectivity index (χ2v) is 5.48. The van der Waals surface area contributed by atoms with E-state index in [1.165, 1.54) is 0 Å². The molecule has 116 valence electrons. The Hall–Kier alpha value is -2.82. The fraction of sp³-hybridized carbons (Fsp3) is 0.222. The van der Waals surface area contributed by atoms with E-state index in [9.17, 15) is 0 Å². The summed E-state index contributed by atoms with van der Waals surface area (Å²) in [7, 11) is 1.66. The summed E-state index contributed by atoms with van der Waals surface area (Å²) in [4.78, 5) is 11.3. The number of fused-ring (bicyclic) bond motifs is 1. The highest BCUT2D eigenvalue weighted by Gasteiger charge is 2.23. The molecule has 0 aliphatic carbocycles. The maximum absolute atomic E-state index is 5.95. The Morgan fingerprint density at radius 3 is 2.74 bits per heavy atom. The number of rotatable bonds is 3. The van der Waals surface area contributed by atoms with Gasteiger partial charge in [0, 0.05) is 24.7 Å². The van der Waals surface area contributed by atoms with Crippen LogP contribution < -0.4 is 9.64 Å². The normalized spacial score (nSPS) is 13.7. The maximum atomic E-state index is 5.95. The zero-order valence-electron chi connectivity index (χ0n) is 12.9. The van der Waals surface area contributed by atoms with Gasteiger partial charge in [-0.15, -0.1) is 0 Å². The molecule has 0 saturated carbocycles. The summed E-state index contributed by atoms with van der Waals surface area (Å²) in [6.07, 6.45) is 2.66. The summed E-state index contributed by atoms with van der Waals surface area (Å²) in [5.41, 5.74) is 1.96. The van der Waals surface area contributed by atoms with Crippen LogP contribution in [0.15, 0.2) is 53.1 Å². The number of benzene rings is 1. The predicted octanol–water partition coefficient (Wildman–Crippen LogP) is 3.31. The van der Waals surface area contributed by atoms with Crippen LogP contribution in [0.2, 0.25) is 0 Å². The number of ether oxygens (including phenoxy) is 1. The first kappa shape index (κ1) is 13.8. The minimum atomic E-state index is 0.667. The minimum absolute atomic E-state index is 0.667. The number of hydrogen-bond acceptors (Lipinski definition) is 5. The summed E-state index contributed by atoms with van der Waals surface area (Å²) in [5.74, 6) is 3.45. The number of anilines is 1. The van der Waals surface area contributed by atoms with E-state index < -0.39 is 0 Å². The minimum Gasteiger partial charge on any atom is -0.497 e. The number of nitrogens with zero attached hydrogens (tertiary/aromatic N) is 3. The molecule has 1 aliphatic heterocycles. The Morgan fingerprint density at radius 2 is 2.00 bits per heavy atom. The lowest BCUT2D eigenvalue weighted by molar-refractivity contribution is 0.415. The molecule has 4 rings (SSSR count). The topological polar surface area (TPSA) is 51.4 Å². The third-order valence-electron chi connectivity index (χ3n) is 4.04. The molecular formula is C18H17N3O2. The van der Waals surface area contributed by atoms with Gasteiger partial charge in [0.05, 0.1) is 13.7 Å². The van der Waals surface area contributed by atoms with E-state index in [0.29, 0.717) is 5.89 Å². The van der Waals surface area contributed by atoms with E-state index in [0.717, 1.165) is 48.1 Å². The average molecular weight is 307 g/mol. The van der Waals surface area contributed by atoms with Crippen LogP contribution in [-0.4, -0.2) is 23.6 Å². The Labute approximate surface area is 134 Å². The van der Waals surface area contributed by atoms with Crippen molar-refractivity contribution in [3.8, 4) is 17.2 Å². The van der Waals surface area contributed by atoms with E-state index in [1.807, 2.05) is 48.7 Å². The molecule has 0 bridgehead atoms. The first-order valence-corrected chi connectivity index (χ1v) is 7.62. The molecule has 0 spiro atoms. The molecule has 0 fully saturated rings. The molecule has 2 aromatic heterocycles. The first-order chi connectivity index (χ1) is 11.3. The highest BCUT2D eigenvalue weighted by Crippen LogP contribution is 2.28. The van der Waals surface area contributed by atoms with Crippen molar-refractivity contribution >= 4 is 5.82 Å². The van der Waals surface area contributed by atoms with E-state index in [1.54, 1.807) is 7.11 Å². The van der Waals surface area contributed by atoms with Crippen molar-refractivity contribution < 1.29 is 9.15 Å². The molecule has 23 heavy (non-hydrogen) atoms. The van der Waals surface area contributed by atoms with Crippen molar-refractivity contribution in [1.82, 2.24) is 9.97 Å². The monoisotopic (exact) mass is 307 g/mol. The highest BCUT2D eigenvalue weighted by molar-refractivity contribution is 5.55. The van der Waals surface area contributed by atoms with Gasteiger partial charge in [-0.25, -0.2) is 9.97 Å². The van der Waals surface area contributed by atoms with Crippen LogP contribution in [-0.2, 0) is 13.0 Å². The van der Waals surface area contributed by atoms with Gasteiger partial charge in [0.1, 0.15) is 23.0 Å². The molecule has 0 unspecified atom stereocenters. The molecule has 0 radical (unpaired) electrons. The van der Waals surface area contributed by atoms with E-state index in [4.69, 9.17) is 9.15 Å². The van der Waals surface area contributed by atoms with E-state index in [2.05, 4.69) is 14.9 Å². The van der Waals surface area contributed by atoms with Crippen LogP contribution in [0.5, 0.6) is 5.75 Å². The molecule has 0 amide bonds. The zero-order valence-corrected chi connectivity index (χ0v) is 12.9. The SMILES string of the molecule is COc1ccc(-c2nc3c(o2)CCN(c2ccccn2)C3)cc1. The van der Waals surface area contributed by atoms with Crippen LogP contribution in [0, 0.1) is 0 Å². The third-order valence-corrected chi connectivity index (χ3v) is 4.04. The van der Waals surface area contributed by atoms with Gasteiger partial charge in [0.25, 0.3) is 0 Å². The Morgan fingerprint density at radius 1 is 1.13 bits per heavy atom. The Balaban J connectivity index is 1.59. The second-order valence-electron chi connectivity index (χ2n) is 5.48. The first-order valence-electron chi connectivity index (χ1n) is 7.62. The predicted molar refractivity (Wildman–Crippen MR) is 87.5 cm³/mol. The summed E-state index contributed by atoms with van der Waals surface area (Å²) in [6, 6.07) is 13.7. The van der Waals surface area contributed by atoms with Crippen LogP contribution in [0.25, 0.3) is 11.5 Å². The molecule has 0 N–H and O–H groups in total. The molecule has 5 nitrogen and oxygen atoms in total. The van der Waals surface area contributed by atoms with Crippen molar-refractivity contribution in [2.45, 2.75) is 13.0 Å². The third kappa shape index (κ3) is 2.65. The molecule has 0 atom stereocenters. The summed E-state index contributed by atoms with van der Waals surface area (Å²) in [5, 5.41) is 0. The lowest BCUT2D eigenvalue weighted by Crippen LogP contribution is -2.30. The quantitative estimate of drug-likeness (QED) is 0.743. The Bertz CT molecular complexity index is 797. The molecule has 3 heterocycles. The van der Waals surface area contributed by atoms with Crippen LogP contribution in [0.4, 0.5) is 5.82 Å². The van der Waals surface area contributed by atoms with Crippen molar-refractivity contribution in [1.29, 1.82) is 0 Å². The van der Waals surface area contributed by atoms with Crippen molar-refractivity contribution in [2.75, 3.05) is 18.6 Å². The van der Waals surface area contributed by atoms with E-state index >= 15 is 0 Å². The maximum Gasteiger partial charge on any atom is 0.226 e. The number of aromatic nitrogens is 2. The van der Waals surface area contributed by atoms with Crippen molar-refractivity contribution in [3.05, 3.63) is 60.1 Å². The largest absolute Gasteiger partial charge is 0.497 e. The van der Waals surface area contributed by atoms with Crippen LogP contribution in [0.1, 0.15) is 11.5 Å². The van der Waals surface area contributed by atoms with Gasteiger partial charge in [-0.2, -0.15) is 0 Å². The molecule has 1 aromatic carbocycles. The zero-order chi connectivity index (χ0) is 15.6. The summed E-state index contributed by atoms with van der Waals surface area (Å²) < 4.78 is 11.1. The number of pyridine rings is 1. The second kappa shape index (κ2) is 5.76. The summed E-state index contributed by atoms with van der Waals surface area (Å²) >= 11 is 0. The van der Waals surface area contributed by atoms with Gasteiger partial charge in [0.15, 0.2) is 0 Å².